The Morgan fingerprint density at radius 1 is 0.952 bits per heavy atom. The zero-order chi connectivity index (χ0) is 30.0. The summed E-state index contributed by atoms with van der Waals surface area (Å²) in [5.74, 6) is -1.15. The van der Waals surface area contributed by atoms with Gasteiger partial charge in [0.1, 0.15) is 5.15 Å². The van der Waals surface area contributed by atoms with Gasteiger partial charge in [-0.2, -0.15) is 18.3 Å². The van der Waals surface area contributed by atoms with Crippen LogP contribution in [0.1, 0.15) is 44.5 Å². The highest BCUT2D eigenvalue weighted by atomic mass is 35.5. The van der Waals surface area contributed by atoms with E-state index in [1.54, 1.807) is 25.1 Å². The molecule has 0 unspecified atom stereocenters. The molecular formula is C29H29ClF3N7O2. The molecule has 0 radical (unpaired) electrons. The van der Waals surface area contributed by atoms with Crippen LogP contribution in [0.2, 0.25) is 5.15 Å². The molecule has 9 nitrogen and oxygen atoms in total. The van der Waals surface area contributed by atoms with Gasteiger partial charge in [-0.05, 0) is 61.0 Å². The number of aromatic nitrogens is 3. The molecule has 0 saturated carbocycles. The lowest BCUT2D eigenvalue weighted by Crippen LogP contribution is -2.45. The molecule has 2 N–H and O–H groups in total. The van der Waals surface area contributed by atoms with E-state index in [2.05, 4.69) is 32.5 Å². The number of piperazine rings is 1. The highest BCUT2D eigenvalue weighted by molar-refractivity contribution is 6.29. The summed E-state index contributed by atoms with van der Waals surface area (Å²) in [6.45, 7) is 7.92. The van der Waals surface area contributed by atoms with Gasteiger partial charge in [-0.3, -0.25) is 14.5 Å². The van der Waals surface area contributed by atoms with Gasteiger partial charge in [0.15, 0.2) is 11.3 Å². The molecule has 1 aliphatic rings. The number of alkyl halides is 3. The Kier molecular flexibility index (Phi) is 8.48. The van der Waals surface area contributed by atoms with Crippen molar-refractivity contribution in [2.45, 2.75) is 26.6 Å². The van der Waals surface area contributed by atoms with Crippen LogP contribution in [-0.2, 0) is 12.7 Å². The molecule has 4 aromatic rings. The SMILES string of the molecule is CCN1CCN(Cc2ccc(NC(=O)c3ccc(C)c(NC(=O)c4cnc5ccc(Cl)nn45)c3)cc2C(F)(F)F)CC1. The van der Waals surface area contributed by atoms with E-state index in [0.29, 0.717) is 30.0 Å². The summed E-state index contributed by atoms with van der Waals surface area (Å²) >= 11 is 5.95. The number of hydrogen-bond acceptors (Lipinski definition) is 6. The van der Waals surface area contributed by atoms with Crippen LogP contribution in [-0.4, -0.2) is 68.9 Å². The summed E-state index contributed by atoms with van der Waals surface area (Å²) in [4.78, 5) is 34.5. The van der Waals surface area contributed by atoms with Crippen molar-refractivity contribution in [2.75, 3.05) is 43.4 Å². The van der Waals surface area contributed by atoms with Crippen molar-refractivity contribution in [3.05, 3.63) is 87.8 Å². The van der Waals surface area contributed by atoms with Crippen molar-refractivity contribution in [1.29, 1.82) is 0 Å². The second-order valence-corrected chi connectivity index (χ2v) is 10.5. The molecule has 2 amide bonds. The van der Waals surface area contributed by atoms with Crippen LogP contribution in [0.25, 0.3) is 5.65 Å². The fourth-order valence-electron chi connectivity index (χ4n) is 4.85. The minimum absolute atomic E-state index is 0.0201. The van der Waals surface area contributed by atoms with Crippen molar-refractivity contribution in [3.8, 4) is 0 Å². The number of fused-ring (bicyclic) bond motifs is 1. The number of halogens is 4. The Morgan fingerprint density at radius 2 is 1.69 bits per heavy atom. The monoisotopic (exact) mass is 599 g/mol. The van der Waals surface area contributed by atoms with Gasteiger partial charge in [0.2, 0.25) is 0 Å². The van der Waals surface area contributed by atoms with Gasteiger partial charge in [0.05, 0.1) is 11.8 Å². The molecule has 0 atom stereocenters. The lowest BCUT2D eigenvalue weighted by Gasteiger charge is -2.34. The molecule has 3 heterocycles. The lowest BCUT2D eigenvalue weighted by molar-refractivity contribution is -0.138. The smallest absolute Gasteiger partial charge is 0.322 e. The molecule has 5 rings (SSSR count). The second-order valence-electron chi connectivity index (χ2n) is 10.1. The van der Waals surface area contributed by atoms with E-state index in [1.807, 2.05) is 4.90 Å². The van der Waals surface area contributed by atoms with Gasteiger partial charge < -0.3 is 15.5 Å². The first-order valence-corrected chi connectivity index (χ1v) is 13.8. The number of nitrogens with zero attached hydrogens (tertiary/aromatic N) is 5. The molecule has 0 spiro atoms. The Bertz CT molecular complexity index is 1630. The third kappa shape index (κ3) is 6.56. The first-order chi connectivity index (χ1) is 20.0. The van der Waals surface area contributed by atoms with Crippen molar-refractivity contribution < 1.29 is 22.8 Å². The topological polar surface area (TPSA) is 94.9 Å². The largest absolute Gasteiger partial charge is 0.416 e. The first kappa shape index (κ1) is 29.5. The summed E-state index contributed by atoms with van der Waals surface area (Å²) in [6, 6.07) is 11.7. The number of imidazole rings is 1. The summed E-state index contributed by atoms with van der Waals surface area (Å²) in [5, 5.41) is 9.58. The number of anilines is 2. The Labute approximate surface area is 245 Å². The molecule has 220 valence electrons. The standard InChI is InChI=1S/C29H29ClF3N7O2/c1-3-38-10-12-39(13-11-38)17-20-6-7-21(15-22(20)29(31,32)33)35-27(41)19-5-4-18(2)23(14-19)36-28(42)24-16-34-26-9-8-25(30)37-40(24)26/h4-9,14-16H,3,10-13,17H2,1-2H3,(H,35,41)(H,36,42). The molecule has 13 heteroatoms. The van der Waals surface area contributed by atoms with Crippen LogP contribution in [0.5, 0.6) is 0 Å². The average molecular weight is 600 g/mol. The predicted octanol–water partition coefficient (Wildman–Crippen LogP) is 5.35. The number of aryl methyl sites for hydroxylation is 1. The van der Waals surface area contributed by atoms with Crippen LogP contribution in [0.15, 0.2) is 54.7 Å². The zero-order valence-electron chi connectivity index (χ0n) is 23.0. The molecular weight excluding hydrogens is 571 g/mol. The van der Waals surface area contributed by atoms with Gasteiger partial charge in [0, 0.05) is 49.7 Å². The van der Waals surface area contributed by atoms with Crippen molar-refractivity contribution in [3.63, 3.8) is 0 Å². The minimum Gasteiger partial charge on any atom is -0.322 e. The van der Waals surface area contributed by atoms with Crippen LogP contribution in [0.4, 0.5) is 24.5 Å². The van der Waals surface area contributed by atoms with Crippen LogP contribution in [0.3, 0.4) is 0 Å². The summed E-state index contributed by atoms with van der Waals surface area (Å²) in [6.07, 6.45) is -3.23. The molecule has 0 bridgehead atoms. The Hall–Kier alpha value is -4.00. The number of carbonyl (C=O) groups excluding carboxylic acids is 2. The quantitative estimate of drug-likeness (QED) is 0.297. The van der Waals surface area contributed by atoms with E-state index < -0.39 is 23.6 Å². The van der Waals surface area contributed by atoms with E-state index in [9.17, 15) is 22.8 Å². The minimum atomic E-state index is -4.58. The molecule has 2 aromatic heterocycles. The zero-order valence-corrected chi connectivity index (χ0v) is 23.8. The predicted molar refractivity (Wildman–Crippen MR) is 154 cm³/mol. The van der Waals surface area contributed by atoms with E-state index in [0.717, 1.165) is 25.7 Å². The van der Waals surface area contributed by atoms with E-state index in [1.165, 1.54) is 35.0 Å². The fourth-order valence-corrected chi connectivity index (χ4v) is 4.99. The highest BCUT2D eigenvalue weighted by Gasteiger charge is 2.34. The average Bonchev–Trinajstić information content (AvgIpc) is 3.38. The second kappa shape index (κ2) is 12.1. The molecule has 1 saturated heterocycles. The van der Waals surface area contributed by atoms with Gasteiger partial charge in [-0.1, -0.05) is 30.7 Å². The number of carbonyl (C=O) groups is 2. The first-order valence-electron chi connectivity index (χ1n) is 13.4. The van der Waals surface area contributed by atoms with Gasteiger partial charge >= 0.3 is 6.18 Å². The number of benzene rings is 2. The van der Waals surface area contributed by atoms with Gasteiger partial charge in [-0.15, -0.1) is 0 Å². The third-order valence-electron chi connectivity index (χ3n) is 7.29. The van der Waals surface area contributed by atoms with E-state index in [-0.39, 0.29) is 34.2 Å². The number of likely N-dealkylation sites (N-methyl/N-ethyl adjacent to an activating group) is 1. The van der Waals surface area contributed by atoms with Gasteiger partial charge in [0.25, 0.3) is 11.8 Å². The maximum atomic E-state index is 14.0. The third-order valence-corrected chi connectivity index (χ3v) is 7.49. The maximum absolute atomic E-state index is 14.0. The molecule has 0 aliphatic carbocycles. The number of amides is 2. The lowest BCUT2D eigenvalue weighted by atomic mass is 10.0. The van der Waals surface area contributed by atoms with Crippen molar-refractivity contribution >= 4 is 40.4 Å². The number of nitrogens with one attached hydrogen (secondary N) is 2. The van der Waals surface area contributed by atoms with Crippen LogP contribution >= 0.6 is 11.6 Å². The maximum Gasteiger partial charge on any atom is 0.416 e. The fraction of sp³-hybridized carbons (Fsp3) is 0.310. The number of hydrogen-bond donors (Lipinski definition) is 2. The van der Waals surface area contributed by atoms with Gasteiger partial charge in [-0.25, -0.2) is 9.50 Å². The van der Waals surface area contributed by atoms with Crippen molar-refractivity contribution in [1.82, 2.24) is 24.4 Å². The molecule has 1 aliphatic heterocycles. The van der Waals surface area contributed by atoms with Crippen LogP contribution in [0, 0.1) is 6.92 Å². The molecule has 2 aromatic carbocycles. The van der Waals surface area contributed by atoms with E-state index >= 15 is 0 Å². The Morgan fingerprint density at radius 3 is 2.40 bits per heavy atom. The summed E-state index contributed by atoms with van der Waals surface area (Å²) < 4.78 is 43.4. The molecule has 1 fully saturated rings. The van der Waals surface area contributed by atoms with E-state index in [4.69, 9.17) is 11.6 Å². The number of rotatable bonds is 7. The Balaban J connectivity index is 1.31. The molecule has 42 heavy (non-hydrogen) atoms. The summed E-state index contributed by atoms with van der Waals surface area (Å²) in [7, 11) is 0. The van der Waals surface area contributed by atoms with Crippen molar-refractivity contribution in [2.24, 2.45) is 0 Å². The highest BCUT2D eigenvalue weighted by Crippen LogP contribution is 2.35. The normalized spacial score (nSPS) is 14.7. The summed E-state index contributed by atoms with van der Waals surface area (Å²) in [5.41, 5.74) is 1.13. The van der Waals surface area contributed by atoms with Crippen LogP contribution < -0.4 is 10.6 Å².